The zero-order chi connectivity index (χ0) is 16.7. The summed E-state index contributed by atoms with van der Waals surface area (Å²) in [6, 6.07) is 14.2. The van der Waals surface area contributed by atoms with Gasteiger partial charge < -0.3 is 20.4 Å². The van der Waals surface area contributed by atoms with Gasteiger partial charge in [-0.15, -0.1) is 0 Å². The molecule has 0 aliphatic carbocycles. The molecular formula is C18H15BrClN3O. The maximum atomic E-state index is 6.28. The fourth-order valence-electron chi connectivity index (χ4n) is 2.80. The van der Waals surface area contributed by atoms with Gasteiger partial charge in [0.1, 0.15) is 12.4 Å². The summed E-state index contributed by atoms with van der Waals surface area (Å²) in [5, 5.41) is 2.79. The molecule has 0 saturated heterocycles. The zero-order valence-electron chi connectivity index (χ0n) is 12.7. The monoisotopic (exact) mass is 403 g/mol. The Morgan fingerprint density at radius 1 is 0.958 bits per heavy atom. The van der Waals surface area contributed by atoms with Crippen LogP contribution in [-0.2, 0) is 0 Å². The lowest BCUT2D eigenvalue weighted by atomic mass is 10.2. The van der Waals surface area contributed by atoms with E-state index in [0.717, 1.165) is 37.7 Å². The number of fused-ring (bicyclic) bond motifs is 2. The smallest absolute Gasteiger partial charge is 0.140 e. The van der Waals surface area contributed by atoms with Crippen LogP contribution in [0.2, 0.25) is 5.02 Å². The number of ether oxygens (including phenoxy) is 1. The summed E-state index contributed by atoms with van der Waals surface area (Å²) in [7, 11) is 0. The third-order valence-electron chi connectivity index (χ3n) is 3.92. The van der Waals surface area contributed by atoms with Crippen LogP contribution < -0.4 is 10.5 Å². The first-order valence-corrected chi connectivity index (χ1v) is 8.75. The van der Waals surface area contributed by atoms with Gasteiger partial charge in [0, 0.05) is 38.9 Å². The van der Waals surface area contributed by atoms with Crippen LogP contribution in [-0.4, -0.2) is 23.1 Å². The Morgan fingerprint density at radius 2 is 1.67 bits per heavy atom. The number of halogens is 2. The van der Waals surface area contributed by atoms with Crippen LogP contribution >= 0.6 is 27.5 Å². The van der Waals surface area contributed by atoms with Gasteiger partial charge in [-0.1, -0.05) is 33.6 Å². The largest absolute Gasteiger partial charge is 0.491 e. The average Bonchev–Trinajstić information content (AvgIpc) is 3.15. The van der Waals surface area contributed by atoms with E-state index in [2.05, 4.69) is 50.2 Å². The SMILES string of the molecule is NCCOc1cc2[nH]c(-c3cc4ccc(Br)cc4[nH]3)cc2cc1Cl. The Bertz CT molecular complexity index is 1040. The van der Waals surface area contributed by atoms with Crippen LogP contribution in [0.15, 0.2) is 46.9 Å². The highest BCUT2D eigenvalue weighted by Crippen LogP contribution is 2.33. The predicted octanol–water partition coefficient (Wildman–Crippen LogP) is 5.07. The van der Waals surface area contributed by atoms with E-state index in [0.29, 0.717) is 23.9 Å². The summed E-state index contributed by atoms with van der Waals surface area (Å²) >= 11 is 9.78. The van der Waals surface area contributed by atoms with E-state index in [1.54, 1.807) is 0 Å². The molecule has 4 nitrogen and oxygen atoms in total. The van der Waals surface area contributed by atoms with Crippen LogP contribution in [0, 0.1) is 0 Å². The molecule has 4 aromatic rings. The molecule has 4 rings (SSSR count). The Labute approximate surface area is 152 Å². The molecule has 0 unspecified atom stereocenters. The van der Waals surface area contributed by atoms with Crippen molar-refractivity contribution in [3.05, 3.63) is 52.0 Å². The molecule has 2 heterocycles. The summed E-state index contributed by atoms with van der Waals surface area (Å²) in [5.74, 6) is 0.642. The number of hydrogen-bond acceptors (Lipinski definition) is 2. The molecule has 0 fully saturated rings. The Kier molecular flexibility index (Phi) is 4.00. The number of hydrogen-bond donors (Lipinski definition) is 3. The summed E-state index contributed by atoms with van der Waals surface area (Å²) in [4.78, 5) is 6.85. The van der Waals surface area contributed by atoms with Gasteiger partial charge in [-0.3, -0.25) is 0 Å². The molecular weight excluding hydrogens is 390 g/mol. The Balaban J connectivity index is 1.78. The highest BCUT2D eigenvalue weighted by atomic mass is 79.9. The first-order chi connectivity index (χ1) is 11.6. The fourth-order valence-corrected chi connectivity index (χ4v) is 3.39. The zero-order valence-corrected chi connectivity index (χ0v) is 15.0. The van der Waals surface area contributed by atoms with E-state index in [1.165, 1.54) is 0 Å². The molecule has 0 saturated carbocycles. The molecule has 0 bridgehead atoms. The molecule has 24 heavy (non-hydrogen) atoms. The highest BCUT2D eigenvalue weighted by molar-refractivity contribution is 9.10. The Hall–Kier alpha value is -1.95. The molecule has 2 aromatic heterocycles. The summed E-state index contributed by atoms with van der Waals surface area (Å²) in [6.45, 7) is 0.894. The quantitative estimate of drug-likeness (QED) is 0.444. The summed E-state index contributed by atoms with van der Waals surface area (Å²) < 4.78 is 6.63. The van der Waals surface area contributed by atoms with E-state index < -0.39 is 0 Å². The number of nitrogens with two attached hydrogens (primary N) is 1. The normalized spacial score (nSPS) is 11.5. The highest BCUT2D eigenvalue weighted by Gasteiger charge is 2.10. The molecule has 0 atom stereocenters. The van der Waals surface area contributed by atoms with Crippen molar-refractivity contribution in [1.82, 2.24) is 9.97 Å². The van der Waals surface area contributed by atoms with Gasteiger partial charge in [0.15, 0.2) is 0 Å². The van der Waals surface area contributed by atoms with Crippen LogP contribution in [0.25, 0.3) is 33.2 Å². The number of rotatable bonds is 4. The van der Waals surface area contributed by atoms with Crippen molar-refractivity contribution in [3.8, 4) is 17.1 Å². The molecule has 0 radical (unpaired) electrons. The molecule has 0 aliphatic heterocycles. The standard InChI is InChI=1S/C18H15BrClN3O/c19-12-2-1-10-6-16(22-14(10)8-12)17-7-11-5-13(20)18(24-4-3-21)9-15(11)23-17/h1-2,5-9,22-23H,3-4,21H2. The number of aromatic amines is 2. The summed E-state index contributed by atoms with van der Waals surface area (Å²) in [6.07, 6.45) is 0. The van der Waals surface area contributed by atoms with Crippen molar-refractivity contribution in [2.24, 2.45) is 5.73 Å². The van der Waals surface area contributed by atoms with Gasteiger partial charge in [0.05, 0.1) is 16.4 Å². The van der Waals surface area contributed by atoms with Gasteiger partial charge in [0.25, 0.3) is 0 Å². The van der Waals surface area contributed by atoms with Crippen molar-refractivity contribution in [2.45, 2.75) is 0 Å². The lowest BCUT2D eigenvalue weighted by molar-refractivity contribution is 0.329. The maximum Gasteiger partial charge on any atom is 0.140 e. The van der Waals surface area contributed by atoms with Gasteiger partial charge in [-0.05, 0) is 30.3 Å². The van der Waals surface area contributed by atoms with Crippen LogP contribution in [0.3, 0.4) is 0 Å². The second kappa shape index (κ2) is 6.16. The molecule has 122 valence electrons. The van der Waals surface area contributed by atoms with Crippen molar-refractivity contribution in [1.29, 1.82) is 0 Å². The fraction of sp³-hybridized carbons (Fsp3) is 0.111. The molecule has 0 amide bonds. The first-order valence-electron chi connectivity index (χ1n) is 7.58. The number of aromatic nitrogens is 2. The first kappa shape index (κ1) is 15.6. The predicted molar refractivity (Wildman–Crippen MR) is 103 cm³/mol. The van der Waals surface area contributed by atoms with Crippen LogP contribution in [0.5, 0.6) is 5.75 Å². The van der Waals surface area contributed by atoms with Crippen molar-refractivity contribution in [3.63, 3.8) is 0 Å². The minimum absolute atomic E-state index is 0.440. The average molecular weight is 405 g/mol. The third kappa shape index (κ3) is 2.79. The van der Waals surface area contributed by atoms with Crippen LogP contribution in [0.4, 0.5) is 0 Å². The van der Waals surface area contributed by atoms with Crippen LogP contribution in [0.1, 0.15) is 0 Å². The lowest BCUT2D eigenvalue weighted by Gasteiger charge is -2.06. The topological polar surface area (TPSA) is 66.8 Å². The van der Waals surface area contributed by atoms with Gasteiger partial charge >= 0.3 is 0 Å². The van der Waals surface area contributed by atoms with Gasteiger partial charge in [-0.2, -0.15) is 0 Å². The molecule has 0 spiro atoms. The van der Waals surface area contributed by atoms with Gasteiger partial charge in [-0.25, -0.2) is 0 Å². The third-order valence-corrected chi connectivity index (χ3v) is 4.71. The minimum atomic E-state index is 0.440. The van der Waals surface area contributed by atoms with E-state index in [4.69, 9.17) is 22.1 Å². The van der Waals surface area contributed by atoms with E-state index in [-0.39, 0.29) is 0 Å². The Morgan fingerprint density at radius 3 is 2.42 bits per heavy atom. The second-order valence-corrected chi connectivity index (χ2v) is 6.93. The van der Waals surface area contributed by atoms with E-state index >= 15 is 0 Å². The number of nitrogens with one attached hydrogen (secondary N) is 2. The molecule has 0 aliphatic rings. The number of H-pyrrole nitrogens is 2. The lowest BCUT2D eigenvalue weighted by Crippen LogP contribution is -2.10. The van der Waals surface area contributed by atoms with E-state index in [1.807, 2.05) is 18.2 Å². The number of benzene rings is 2. The molecule has 6 heteroatoms. The molecule has 2 aromatic carbocycles. The van der Waals surface area contributed by atoms with Crippen molar-refractivity contribution in [2.75, 3.05) is 13.2 Å². The van der Waals surface area contributed by atoms with E-state index in [9.17, 15) is 0 Å². The maximum absolute atomic E-state index is 6.28. The van der Waals surface area contributed by atoms with Gasteiger partial charge in [0.2, 0.25) is 0 Å². The molecule has 4 N–H and O–H groups in total. The van der Waals surface area contributed by atoms with Crippen molar-refractivity contribution < 1.29 is 4.74 Å². The summed E-state index contributed by atoms with van der Waals surface area (Å²) in [5.41, 5.74) is 9.57. The van der Waals surface area contributed by atoms with Crippen molar-refractivity contribution >= 4 is 49.3 Å². The second-order valence-electron chi connectivity index (χ2n) is 5.60. The minimum Gasteiger partial charge on any atom is -0.491 e.